The van der Waals surface area contributed by atoms with Gasteiger partial charge in [-0.2, -0.15) is 10.1 Å². The van der Waals surface area contributed by atoms with E-state index in [1.165, 1.54) is 0 Å². The Balaban J connectivity index is 1.39. The lowest BCUT2D eigenvalue weighted by Gasteiger charge is -2.33. The van der Waals surface area contributed by atoms with Gasteiger partial charge in [-0.05, 0) is 38.1 Å². The Morgan fingerprint density at radius 3 is 2.77 bits per heavy atom. The number of aliphatic hydroxyl groups excluding tert-OH is 1. The minimum atomic E-state index is -0.233. The molecule has 9 heteroatoms. The Morgan fingerprint density at radius 2 is 2.03 bits per heavy atom. The second kappa shape index (κ2) is 9.26. The van der Waals surface area contributed by atoms with Gasteiger partial charge in [0.1, 0.15) is 0 Å². The molecular weight excluding hydrogens is 384 g/mol. The molecule has 9 nitrogen and oxygen atoms in total. The molecule has 0 bridgehead atoms. The third-order valence-corrected chi connectivity index (χ3v) is 5.93. The second-order valence-corrected chi connectivity index (χ2v) is 8.95. The van der Waals surface area contributed by atoms with E-state index >= 15 is 0 Å². The SMILES string of the molecule is CC(C)Cc1nc(CN2CCC[C@H](n3ncc(N4CCC(O)CC4)cc3=O)C2)no1. The lowest BCUT2D eigenvalue weighted by Crippen LogP contribution is -2.41. The van der Waals surface area contributed by atoms with Crippen LogP contribution in [0.1, 0.15) is 57.3 Å². The average molecular weight is 417 g/mol. The Morgan fingerprint density at radius 1 is 1.23 bits per heavy atom. The maximum atomic E-state index is 12.8. The summed E-state index contributed by atoms with van der Waals surface area (Å²) in [6, 6.07) is 1.73. The van der Waals surface area contributed by atoms with Crippen LogP contribution < -0.4 is 10.5 Å². The van der Waals surface area contributed by atoms with Gasteiger partial charge >= 0.3 is 0 Å². The molecule has 0 aromatic carbocycles. The molecule has 1 atom stereocenters. The van der Waals surface area contributed by atoms with E-state index in [1.807, 2.05) is 0 Å². The number of hydrogen-bond donors (Lipinski definition) is 1. The molecular formula is C21H32N6O3. The predicted octanol–water partition coefficient (Wildman–Crippen LogP) is 1.62. The van der Waals surface area contributed by atoms with Gasteiger partial charge in [-0.25, -0.2) is 4.68 Å². The molecule has 2 aromatic heterocycles. The first-order valence-corrected chi connectivity index (χ1v) is 11.0. The number of aliphatic hydroxyl groups is 1. The molecule has 30 heavy (non-hydrogen) atoms. The highest BCUT2D eigenvalue weighted by Crippen LogP contribution is 2.22. The first-order valence-electron chi connectivity index (χ1n) is 11.0. The summed E-state index contributed by atoms with van der Waals surface area (Å²) in [7, 11) is 0. The zero-order valence-electron chi connectivity index (χ0n) is 17.9. The molecule has 2 aliphatic heterocycles. The van der Waals surface area contributed by atoms with E-state index in [2.05, 4.69) is 38.9 Å². The Bertz CT molecular complexity index is 887. The van der Waals surface area contributed by atoms with Crippen molar-refractivity contribution in [1.82, 2.24) is 24.8 Å². The standard InChI is InChI=1S/C21H32N6O3/c1-15(2)10-20-23-19(24-30-20)14-25-7-3-4-16(13-25)27-21(29)11-17(12-22-27)26-8-5-18(28)6-9-26/h11-12,15-16,18,28H,3-10,13-14H2,1-2H3/t16-/m0/s1. The Labute approximate surface area is 176 Å². The van der Waals surface area contributed by atoms with Crippen molar-refractivity contribution in [3.05, 3.63) is 34.3 Å². The van der Waals surface area contributed by atoms with E-state index in [-0.39, 0.29) is 17.7 Å². The number of piperidine rings is 2. The zero-order chi connectivity index (χ0) is 21.1. The molecule has 4 rings (SSSR count). The molecule has 0 amide bonds. The van der Waals surface area contributed by atoms with Crippen molar-refractivity contribution < 1.29 is 9.63 Å². The van der Waals surface area contributed by atoms with Gasteiger partial charge in [0.15, 0.2) is 5.82 Å². The van der Waals surface area contributed by atoms with Crippen molar-refractivity contribution >= 4 is 5.69 Å². The highest BCUT2D eigenvalue weighted by atomic mass is 16.5. The summed E-state index contributed by atoms with van der Waals surface area (Å²) in [5.74, 6) is 1.87. The normalized spacial score (nSPS) is 21.5. The smallest absolute Gasteiger partial charge is 0.269 e. The van der Waals surface area contributed by atoms with Gasteiger partial charge in [0.2, 0.25) is 5.89 Å². The molecule has 0 spiro atoms. The lowest BCUT2D eigenvalue weighted by molar-refractivity contribution is 0.145. The van der Waals surface area contributed by atoms with Crippen LogP contribution in [0.25, 0.3) is 0 Å². The number of nitrogens with zero attached hydrogens (tertiary/aromatic N) is 6. The third kappa shape index (κ3) is 5.07. The largest absolute Gasteiger partial charge is 0.393 e. The Kier molecular flexibility index (Phi) is 6.48. The van der Waals surface area contributed by atoms with E-state index in [0.717, 1.165) is 64.0 Å². The van der Waals surface area contributed by atoms with Gasteiger partial charge in [0.25, 0.3) is 5.56 Å². The highest BCUT2D eigenvalue weighted by Gasteiger charge is 2.25. The van der Waals surface area contributed by atoms with Crippen molar-refractivity contribution in [3.8, 4) is 0 Å². The molecule has 2 aliphatic rings. The molecule has 0 radical (unpaired) electrons. The van der Waals surface area contributed by atoms with E-state index in [4.69, 9.17) is 4.52 Å². The van der Waals surface area contributed by atoms with E-state index in [9.17, 15) is 9.90 Å². The topological polar surface area (TPSA) is 101 Å². The van der Waals surface area contributed by atoms with Crippen molar-refractivity contribution in [2.45, 2.75) is 64.6 Å². The zero-order valence-corrected chi connectivity index (χ0v) is 17.9. The van der Waals surface area contributed by atoms with Crippen LogP contribution in [-0.2, 0) is 13.0 Å². The minimum absolute atomic E-state index is 0.0468. The number of aromatic nitrogens is 4. The van der Waals surface area contributed by atoms with Crippen LogP contribution in [0, 0.1) is 5.92 Å². The van der Waals surface area contributed by atoms with Gasteiger partial charge in [0.05, 0.1) is 30.6 Å². The molecule has 164 valence electrons. The molecule has 0 saturated carbocycles. The van der Waals surface area contributed by atoms with E-state index in [1.54, 1.807) is 16.9 Å². The average Bonchev–Trinajstić information content (AvgIpc) is 3.14. The molecule has 0 aliphatic carbocycles. The van der Waals surface area contributed by atoms with Gasteiger partial charge < -0.3 is 14.5 Å². The summed E-state index contributed by atoms with van der Waals surface area (Å²) < 4.78 is 6.97. The van der Waals surface area contributed by atoms with Crippen LogP contribution in [0.3, 0.4) is 0 Å². The maximum Gasteiger partial charge on any atom is 0.269 e. The summed E-state index contributed by atoms with van der Waals surface area (Å²) >= 11 is 0. The molecule has 4 heterocycles. The summed E-state index contributed by atoms with van der Waals surface area (Å²) in [5, 5.41) is 18.3. The predicted molar refractivity (Wildman–Crippen MR) is 112 cm³/mol. The van der Waals surface area contributed by atoms with Gasteiger partial charge in [-0.15, -0.1) is 0 Å². The van der Waals surface area contributed by atoms with Crippen molar-refractivity contribution in [2.24, 2.45) is 5.92 Å². The lowest BCUT2D eigenvalue weighted by atomic mass is 10.1. The monoisotopic (exact) mass is 416 g/mol. The van der Waals surface area contributed by atoms with Crippen LogP contribution in [-0.4, -0.2) is 62.2 Å². The first-order chi connectivity index (χ1) is 14.5. The highest BCUT2D eigenvalue weighted by molar-refractivity contribution is 5.43. The summed E-state index contributed by atoms with van der Waals surface area (Å²) in [6.07, 6.45) is 5.74. The fourth-order valence-corrected chi connectivity index (χ4v) is 4.34. The fourth-order valence-electron chi connectivity index (χ4n) is 4.34. The van der Waals surface area contributed by atoms with Gasteiger partial charge in [0, 0.05) is 32.1 Å². The molecule has 2 saturated heterocycles. The molecule has 1 N–H and O–H groups in total. The third-order valence-electron chi connectivity index (χ3n) is 5.93. The van der Waals surface area contributed by atoms with Crippen LogP contribution >= 0.6 is 0 Å². The number of likely N-dealkylation sites (tertiary alicyclic amines) is 1. The molecule has 2 fully saturated rings. The van der Waals surface area contributed by atoms with Crippen molar-refractivity contribution in [1.29, 1.82) is 0 Å². The van der Waals surface area contributed by atoms with Gasteiger partial charge in [-0.3, -0.25) is 9.69 Å². The van der Waals surface area contributed by atoms with Crippen molar-refractivity contribution in [3.63, 3.8) is 0 Å². The Hall–Kier alpha value is -2.26. The summed E-state index contributed by atoms with van der Waals surface area (Å²) in [4.78, 5) is 21.7. The summed E-state index contributed by atoms with van der Waals surface area (Å²) in [5.41, 5.74) is 0.782. The maximum absolute atomic E-state index is 12.8. The number of rotatable bonds is 6. The number of anilines is 1. The molecule has 2 aromatic rings. The van der Waals surface area contributed by atoms with Crippen LogP contribution in [0.4, 0.5) is 5.69 Å². The minimum Gasteiger partial charge on any atom is -0.393 e. The van der Waals surface area contributed by atoms with Crippen LogP contribution in [0.5, 0.6) is 0 Å². The van der Waals surface area contributed by atoms with E-state index in [0.29, 0.717) is 24.2 Å². The number of hydrogen-bond acceptors (Lipinski definition) is 8. The first kappa shape index (κ1) is 21.0. The summed E-state index contributed by atoms with van der Waals surface area (Å²) in [6.45, 7) is 8.10. The second-order valence-electron chi connectivity index (χ2n) is 8.95. The van der Waals surface area contributed by atoms with Crippen molar-refractivity contribution in [2.75, 3.05) is 31.1 Å². The molecule has 0 unspecified atom stereocenters. The fraction of sp³-hybridized carbons (Fsp3) is 0.714. The van der Waals surface area contributed by atoms with E-state index < -0.39 is 0 Å². The van der Waals surface area contributed by atoms with Crippen LogP contribution in [0.15, 0.2) is 21.6 Å². The van der Waals surface area contributed by atoms with Crippen LogP contribution in [0.2, 0.25) is 0 Å². The quantitative estimate of drug-likeness (QED) is 0.758. The van der Waals surface area contributed by atoms with Gasteiger partial charge in [-0.1, -0.05) is 19.0 Å².